The topological polar surface area (TPSA) is 41.1 Å². The molecule has 0 aromatic heterocycles. The van der Waals surface area contributed by atoms with E-state index in [4.69, 9.17) is 0 Å². The normalized spacial score (nSPS) is 15.9. The summed E-state index contributed by atoms with van der Waals surface area (Å²) in [5.41, 5.74) is 3.76. The summed E-state index contributed by atoms with van der Waals surface area (Å²) in [6, 6.07) is 18.2. The van der Waals surface area contributed by atoms with Gasteiger partial charge in [0.15, 0.2) is 0 Å². The van der Waals surface area contributed by atoms with Gasteiger partial charge in [-0.15, -0.1) is 0 Å². The van der Waals surface area contributed by atoms with E-state index in [9.17, 15) is 4.79 Å². The van der Waals surface area contributed by atoms with Crippen LogP contribution in [0.25, 0.3) is 0 Å². The highest BCUT2D eigenvalue weighted by molar-refractivity contribution is 5.80. The number of amides is 1. The average molecular weight is 266 g/mol. The van der Waals surface area contributed by atoms with Gasteiger partial charge in [0.1, 0.15) is 0 Å². The Balaban J connectivity index is 1.43. The van der Waals surface area contributed by atoms with E-state index in [0.29, 0.717) is 12.5 Å². The van der Waals surface area contributed by atoms with Gasteiger partial charge in [0, 0.05) is 18.2 Å². The van der Waals surface area contributed by atoms with Gasteiger partial charge < -0.3 is 10.6 Å². The molecule has 3 rings (SSSR count). The lowest BCUT2D eigenvalue weighted by atomic mass is 9.77. The predicted molar refractivity (Wildman–Crippen MR) is 80.8 cm³/mol. The zero-order valence-electron chi connectivity index (χ0n) is 11.3. The van der Waals surface area contributed by atoms with E-state index >= 15 is 0 Å². The molecule has 1 atom stereocenters. The summed E-state index contributed by atoms with van der Waals surface area (Å²) in [6.07, 6.45) is 1.07. The van der Waals surface area contributed by atoms with E-state index in [0.717, 1.165) is 18.7 Å². The molecule has 20 heavy (non-hydrogen) atoms. The van der Waals surface area contributed by atoms with Crippen LogP contribution in [0.4, 0.5) is 5.69 Å². The number of nitrogens with one attached hydrogen (secondary N) is 2. The maximum absolute atomic E-state index is 11.8. The maximum atomic E-state index is 11.8. The highest BCUT2D eigenvalue weighted by Crippen LogP contribution is 2.33. The smallest absolute Gasteiger partial charge is 0.239 e. The van der Waals surface area contributed by atoms with Crippen molar-refractivity contribution in [2.24, 2.45) is 0 Å². The molecule has 0 radical (unpaired) electrons. The average Bonchev–Trinajstić information content (AvgIpc) is 2.47. The van der Waals surface area contributed by atoms with E-state index in [1.54, 1.807) is 0 Å². The van der Waals surface area contributed by atoms with E-state index < -0.39 is 0 Å². The van der Waals surface area contributed by atoms with Crippen LogP contribution < -0.4 is 10.6 Å². The van der Waals surface area contributed by atoms with Crippen LogP contribution in [0.3, 0.4) is 0 Å². The van der Waals surface area contributed by atoms with Gasteiger partial charge in [0.25, 0.3) is 0 Å². The molecule has 0 fully saturated rings. The molecule has 1 aliphatic rings. The van der Waals surface area contributed by atoms with Crippen LogP contribution >= 0.6 is 0 Å². The predicted octanol–water partition coefficient (Wildman–Crippen LogP) is 2.55. The van der Waals surface area contributed by atoms with E-state index in [-0.39, 0.29) is 5.91 Å². The van der Waals surface area contributed by atoms with Crippen molar-refractivity contribution in [1.29, 1.82) is 0 Å². The number of fused-ring (bicyclic) bond motifs is 1. The Labute approximate surface area is 119 Å². The molecule has 102 valence electrons. The fourth-order valence-corrected chi connectivity index (χ4v) is 2.58. The first kappa shape index (κ1) is 12.7. The minimum Gasteiger partial charge on any atom is -0.376 e. The molecule has 3 nitrogen and oxygen atoms in total. The summed E-state index contributed by atoms with van der Waals surface area (Å²) in [6.45, 7) is 1.05. The standard InChI is InChI=1S/C17H18N2O/c20-17(12-18-15-7-2-1-3-8-15)19-11-14-10-13-6-4-5-9-16(13)14/h1-9,14,18H,10-12H2,(H,19,20). The molecule has 0 aliphatic heterocycles. The second-order valence-corrected chi connectivity index (χ2v) is 5.12. The zero-order chi connectivity index (χ0) is 13.8. The molecule has 2 aromatic carbocycles. The SMILES string of the molecule is O=C(CNc1ccccc1)NCC1Cc2ccccc21. The second-order valence-electron chi connectivity index (χ2n) is 5.12. The third kappa shape index (κ3) is 2.82. The highest BCUT2D eigenvalue weighted by Gasteiger charge is 2.25. The van der Waals surface area contributed by atoms with Gasteiger partial charge in [0.2, 0.25) is 5.91 Å². The molecular weight excluding hydrogens is 248 g/mol. The summed E-state index contributed by atoms with van der Waals surface area (Å²) in [5, 5.41) is 6.11. The van der Waals surface area contributed by atoms with Crippen LogP contribution in [0.5, 0.6) is 0 Å². The summed E-state index contributed by atoms with van der Waals surface area (Å²) < 4.78 is 0. The molecule has 0 heterocycles. The monoisotopic (exact) mass is 266 g/mol. The lowest BCUT2D eigenvalue weighted by Crippen LogP contribution is -2.36. The summed E-state index contributed by atoms with van der Waals surface area (Å²) in [5.74, 6) is 0.519. The fraction of sp³-hybridized carbons (Fsp3) is 0.235. The van der Waals surface area contributed by atoms with Crippen LogP contribution in [0.2, 0.25) is 0 Å². The van der Waals surface area contributed by atoms with Gasteiger partial charge in [-0.1, -0.05) is 42.5 Å². The Kier molecular flexibility index (Phi) is 3.68. The van der Waals surface area contributed by atoms with Crippen LogP contribution in [-0.4, -0.2) is 19.0 Å². The number of hydrogen-bond donors (Lipinski definition) is 2. The molecule has 2 N–H and O–H groups in total. The Hall–Kier alpha value is -2.29. The molecule has 0 spiro atoms. The summed E-state index contributed by atoms with van der Waals surface area (Å²) >= 11 is 0. The quantitative estimate of drug-likeness (QED) is 0.873. The van der Waals surface area contributed by atoms with Gasteiger partial charge in [-0.2, -0.15) is 0 Å². The van der Waals surface area contributed by atoms with Gasteiger partial charge >= 0.3 is 0 Å². The van der Waals surface area contributed by atoms with E-state index in [2.05, 4.69) is 34.9 Å². The second kappa shape index (κ2) is 5.78. The molecule has 1 aliphatic carbocycles. The Bertz CT molecular complexity index is 595. The first-order chi connectivity index (χ1) is 9.83. The lowest BCUT2D eigenvalue weighted by Gasteiger charge is -2.30. The summed E-state index contributed by atoms with van der Waals surface area (Å²) in [4.78, 5) is 11.8. The zero-order valence-corrected chi connectivity index (χ0v) is 11.3. The number of rotatable bonds is 5. The highest BCUT2D eigenvalue weighted by atomic mass is 16.1. The van der Waals surface area contributed by atoms with E-state index in [1.165, 1.54) is 11.1 Å². The first-order valence-corrected chi connectivity index (χ1v) is 6.96. The maximum Gasteiger partial charge on any atom is 0.239 e. The molecular formula is C17H18N2O. The summed E-state index contributed by atoms with van der Waals surface area (Å²) in [7, 11) is 0. The molecule has 3 heteroatoms. The van der Waals surface area contributed by atoms with Crippen molar-refractivity contribution < 1.29 is 4.79 Å². The van der Waals surface area contributed by atoms with Gasteiger partial charge in [0.05, 0.1) is 6.54 Å². The number of carbonyl (C=O) groups is 1. The number of hydrogen-bond acceptors (Lipinski definition) is 2. The molecule has 1 unspecified atom stereocenters. The Morgan fingerprint density at radius 1 is 1.05 bits per heavy atom. The third-order valence-electron chi connectivity index (χ3n) is 3.73. The third-order valence-corrected chi connectivity index (χ3v) is 3.73. The van der Waals surface area contributed by atoms with Crippen molar-refractivity contribution in [1.82, 2.24) is 5.32 Å². The van der Waals surface area contributed by atoms with Gasteiger partial charge in [-0.25, -0.2) is 0 Å². The van der Waals surface area contributed by atoms with Crippen LogP contribution in [0, 0.1) is 0 Å². The van der Waals surface area contributed by atoms with Gasteiger partial charge in [-0.3, -0.25) is 4.79 Å². The Morgan fingerprint density at radius 3 is 2.60 bits per heavy atom. The van der Waals surface area contributed by atoms with Crippen molar-refractivity contribution >= 4 is 11.6 Å². The molecule has 2 aromatic rings. The lowest BCUT2D eigenvalue weighted by molar-refractivity contribution is -0.119. The van der Waals surface area contributed by atoms with Crippen molar-refractivity contribution in [3.8, 4) is 0 Å². The van der Waals surface area contributed by atoms with Crippen molar-refractivity contribution in [3.63, 3.8) is 0 Å². The molecule has 0 bridgehead atoms. The van der Waals surface area contributed by atoms with E-state index in [1.807, 2.05) is 30.3 Å². The molecule has 0 saturated heterocycles. The number of para-hydroxylation sites is 1. The minimum absolute atomic E-state index is 0.0400. The van der Waals surface area contributed by atoms with Crippen LogP contribution in [0.1, 0.15) is 17.0 Å². The minimum atomic E-state index is 0.0400. The number of carbonyl (C=O) groups excluding carboxylic acids is 1. The number of anilines is 1. The largest absolute Gasteiger partial charge is 0.376 e. The van der Waals surface area contributed by atoms with Crippen molar-refractivity contribution in [2.45, 2.75) is 12.3 Å². The fourth-order valence-electron chi connectivity index (χ4n) is 2.58. The van der Waals surface area contributed by atoms with Crippen LogP contribution in [-0.2, 0) is 11.2 Å². The van der Waals surface area contributed by atoms with Crippen molar-refractivity contribution in [2.75, 3.05) is 18.4 Å². The van der Waals surface area contributed by atoms with Crippen molar-refractivity contribution in [3.05, 3.63) is 65.7 Å². The Morgan fingerprint density at radius 2 is 1.80 bits per heavy atom. The number of benzene rings is 2. The molecule has 1 amide bonds. The first-order valence-electron chi connectivity index (χ1n) is 6.96. The van der Waals surface area contributed by atoms with Crippen LogP contribution in [0.15, 0.2) is 54.6 Å². The molecule has 0 saturated carbocycles. The van der Waals surface area contributed by atoms with Gasteiger partial charge in [-0.05, 0) is 29.7 Å².